The van der Waals surface area contributed by atoms with Crippen LogP contribution in [0, 0.1) is 46.3 Å². The Morgan fingerprint density at radius 2 is 1.17 bits per heavy atom. The normalized spacial score (nSPS) is 44.1. The fourth-order valence-electron chi connectivity index (χ4n) is 8.16. The molecule has 4 atom stereocenters. The second kappa shape index (κ2) is 4.77. The van der Waals surface area contributed by atoms with Crippen LogP contribution in [0.4, 0.5) is 0 Å². The van der Waals surface area contributed by atoms with E-state index in [9.17, 15) is 19.2 Å². The summed E-state index contributed by atoms with van der Waals surface area (Å²) in [5.41, 5.74) is -2.42. The molecule has 6 fully saturated rings. The predicted molar refractivity (Wildman–Crippen MR) is 101 cm³/mol. The molecule has 6 aliphatic carbocycles. The SMILES string of the molecule is COC(=O)C12C3C4C5C3C1(C(=O)ON1C(=O)c3c(Cl)c(Cl)c(Cl)c(Cl)c3C1=O)C5C42. The molecule has 7 nitrogen and oxygen atoms in total. The van der Waals surface area contributed by atoms with Crippen LogP contribution < -0.4 is 0 Å². The number of benzene rings is 1. The van der Waals surface area contributed by atoms with Gasteiger partial charge in [0.25, 0.3) is 11.8 Å². The van der Waals surface area contributed by atoms with Gasteiger partial charge in [-0.25, -0.2) is 4.79 Å². The van der Waals surface area contributed by atoms with Crippen LogP contribution in [-0.4, -0.2) is 35.9 Å². The highest BCUT2D eigenvalue weighted by atomic mass is 35.5. The summed E-state index contributed by atoms with van der Waals surface area (Å²) in [5, 5.41) is -0.519. The Kier molecular flexibility index (Phi) is 2.88. The molecule has 154 valence electrons. The van der Waals surface area contributed by atoms with Crippen LogP contribution in [0.25, 0.3) is 0 Å². The Morgan fingerprint density at radius 3 is 1.57 bits per heavy atom. The van der Waals surface area contributed by atoms with Crippen molar-refractivity contribution in [2.75, 3.05) is 7.11 Å². The molecule has 30 heavy (non-hydrogen) atoms. The van der Waals surface area contributed by atoms with Crippen molar-refractivity contribution in [1.82, 2.24) is 5.06 Å². The van der Waals surface area contributed by atoms with Crippen molar-refractivity contribution in [1.29, 1.82) is 0 Å². The standard InChI is InChI=1S/C19H9Cl4NO6/c1-29-16(27)18-6-2-3-8(6)19(18,9(3)7(2)18)17(28)30-24-14(25)4-5(15(24)26)11(21)13(23)12(22)10(4)20/h2-3,6-9H,1H3. The average molecular weight is 489 g/mol. The lowest BCUT2D eigenvalue weighted by Gasteiger charge is -3.08. The lowest BCUT2D eigenvalue weighted by molar-refractivity contribution is -0.631. The zero-order chi connectivity index (χ0) is 21.2. The first kappa shape index (κ1) is 18.1. The molecule has 8 rings (SSSR count). The Balaban J connectivity index is 1.25. The number of nitrogens with zero attached hydrogens (tertiary/aromatic N) is 1. The van der Waals surface area contributed by atoms with Gasteiger partial charge in [0.15, 0.2) is 0 Å². The first-order chi connectivity index (χ1) is 14.2. The molecule has 1 aromatic rings. The van der Waals surface area contributed by atoms with Crippen molar-refractivity contribution in [3.05, 3.63) is 31.2 Å². The van der Waals surface area contributed by atoms with Crippen molar-refractivity contribution in [3.63, 3.8) is 0 Å². The van der Waals surface area contributed by atoms with Gasteiger partial charge in [0.1, 0.15) is 0 Å². The van der Waals surface area contributed by atoms with Gasteiger partial charge in [-0.3, -0.25) is 14.4 Å². The van der Waals surface area contributed by atoms with Crippen molar-refractivity contribution < 1.29 is 28.8 Å². The van der Waals surface area contributed by atoms with E-state index in [-0.39, 0.29) is 54.9 Å². The molecule has 4 unspecified atom stereocenters. The number of carbonyl (C=O) groups is 4. The maximum Gasteiger partial charge on any atom is 0.341 e. The van der Waals surface area contributed by atoms with Crippen molar-refractivity contribution in [3.8, 4) is 0 Å². The van der Waals surface area contributed by atoms with Gasteiger partial charge in [0, 0.05) is 0 Å². The van der Waals surface area contributed by atoms with E-state index in [1.165, 1.54) is 7.11 Å². The number of carbonyl (C=O) groups excluding carboxylic acids is 4. The number of halogens is 4. The third kappa shape index (κ3) is 1.24. The summed E-state index contributed by atoms with van der Waals surface area (Å²) < 4.78 is 5.00. The molecule has 2 amide bonds. The van der Waals surface area contributed by atoms with Gasteiger partial charge >= 0.3 is 11.9 Å². The summed E-state index contributed by atoms with van der Waals surface area (Å²) >= 11 is 24.2. The maximum atomic E-state index is 13.3. The molecule has 0 saturated heterocycles. The third-order valence-electron chi connectivity index (χ3n) is 8.76. The Bertz CT molecular complexity index is 1150. The van der Waals surface area contributed by atoms with Crippen LogP contribution in [0.3, 0.4) is 0 Å². The molecule has 1 aliphatic heterocycles. The number of rotatable bonds is 3. The number of amides is 2. The number of fused-ring (bicyclic) bond motifs is 1. The first-order valence-electron chi connectivity index (χ1n) is 9.26. The second-order valence-electron chi connectivity index (χ2n) is 8.78. The van der Waals surface area contributed by atoms with E-state index in [2.05, 4.69) is 0 Å². The maximum absolute atomic E-state index is 13.3. The fraction of sp³-hybridized carbons (Fsp3) is 0.474. The monoisotopic (exact) mass is 487 g/mol. The van der Waals surface area contributed by atoms with Crippen molar-refractivity contribution in [2.45, 2.75) is 0 Å². The number of hydrogen-bond acceptors (Lipinski definition) is 6. The first-order valence-corrected chi connectivity index (χ1v) is 10.8. The molecule has 0 radical (unpaired) electrons. The summed E-state index contributed by atoms with van der Waals surface area (Å²) in [6.45, 7) is 0. The van der Waals surface area contributed by atoms with Crippen LogP contribution >= 0.6 is 46.4 Å². The highest BCUT2D eigenvalue weighted by Gasteiger charge is 3.15. The van der Waals surface area contributed by atoms with Crippen LogP contribution in [0.1, 0.15) is 20.7 Å². The van der Waals surface area contributed by atoms with Gasteiger partial charge in [0.05, 0.1) is 49.2 Å². The molecule has 6 saturated carbocycles. The zero-order valence-corrected chi connectivity index (χ0v) is 17.9. The minimum absolute atomic E-state index is 0.0512. The van der Waals surface area contributed by atoms with E-state index < -0.39 is 34.6 Å². The number of hydrogen-bond donors (Lipinski definition) is 0. The molecular formula is C19H9Cl4NO6. The van der Waals surface area contributed by atoms with Crippen LogP contribution in [0.5, 0.6) is 0 Å². The Morgan fingerprint density at radius 1 is 0.767 bits per heavy atom. The Hall–Kier alpha value is -1.54. The second-order valence-corrected chi connectivity index (χ2v) is 10.3. The number of ether oxygens (including phenoxy) is 1. The average Bonchev–Trinajstić information content (AvgIpc) is 2.99. The molecule has 0 spiro atoms. The van der Waals surface area contributed by atoms with Crippen LogP contribution in [0.15, 0.2) is 0 Å². The molecule has 0 N–H and O–H groups in total. The quantitative estimate of drug-likeness (QED) is 0.281. The molecule has 7 aliphatic rings. The number of methoxy groups -OCH3 is 1. The van der Waals surface area contributed by atoms with E-state index in [1.807, 2.05) is 0 Å². The van der Waals surface area contributed by atoms with E-state index in [0.29, 0.717) is 16.9 Å². The van der Waals surface area contributed by atoms with Gasteiger partial charge in [-0.05, 0) is 35.5 Å². The van der Waals surface area contributed by atoms with Crippen LogP contribution in [-0.2, 0) is 19.2 Å². The molecule has 1 aromatic carbocycles. The fourth-order valence-corrected chi connectivity index (χ4v) is 9.17. The summed E-state index contributed by atoms with van der Waals surface area (Å²) in [6.07, 6.45) is 0. The minimum atomic E-state index is -1.01. The number of imide groups is 1. The highest BCUT2D eigenvalue weighted by Crippen LogP contribution is 3.10. The minimum Gasteiger partial charge on any atom is -0.469 e. The van der Waals surface area contributed by atoms with Gasteiger partial charge in [-0.2, -0.15) is 0 Å². The number of esters is 1. The van der Waals surface area contributed by atoms with E-state index in [4.69, 9.17) is 56.0 Å². The summed E-state index contributed by atoms with van der Waals surface area (Å²) in [6, 6.07) is 0. The lowest BCUT2D eigenvalue weighted by atomic mass is 8.92. The molecule has 1 heterocycles. The third-order valence-corrected chi connectivity index (χ3v) is 10.6. The van der Waals surface area contributed by atoms with E-state index in [1.54, 1.807) is 0 Å². The van der Waals surface area contributed by atoms with E-state index >= 15 is 0 Å². The predicted octanol–water partition coefficient (Wildman–Crippen LogP) is 3.27. The van der Waals surface area contributed by atoms with Crippen LogP contribution in [0.2, 0.25) is 20.1 Å². The topological polar surface area (TPSA) is 90.0 Å². The molecule has 11 heteroatoms. The van der Waals surface area contributed by atoms with Crippen molar-refractivity contribution in [2.24, 2.45) is 46.3 Å². The highest BCUT2D eigenvalue weighted by molar-refractivity contribution is 6.55. The van der Waals surface area contributed by atoms with E-state index in [0.717, 1.165) is 0 Å². The molecule has 0 bridgehead atoms. The van der Waals surface area contributed by atoms with Gasteiger partial charge in [-0.1, -0.05) is 51.5 Å². The molecule has 0 aromatic heterocycles. The lowest BCUT2D eigenvalue weighted by Crippen LogP contribution is -3.12. The van der Waals surface area contributed by atoms with Gasteiger partial charge < -0.3 is 9.57 Å². The number of hydroxylamine groups is 2. The summed E-state index contributed by atoms with van der Waals surface area (Å²) in [5.74, 6) is -1.78. The van der Waals surface area contributed by atoms with Gasteiger partial charge in [-0.15, -0.1) is 0 Å². The zero-order valence-electron chi connectivity index (χ0n) is 14.9. The summed E-state index contributed by atoms with van der Waals surface area (Å²) in [4.78, 5) is 56.8. The van der Waals surface area contributed by atoms with Gasteiger partial charge in [0.2, 0.25) is 0 Å². The summed E-state index contributed by atoms with van der Waals surface area (Å²) in [7, 11) is 1.30. The molecular weight excluding hydrogens is 480 g/mol. The smallest absolute Gasteiger partial charge is 0.341 e. The largest absolute Gasteiger partial charge is 0.469 e. The van der Waals surface area contributed by atoms with Crippen molar-refractivity contribution >= 4 is 70.2 Å². The Labute approximate surface area is 188 Å².